The van der Waals surface area contributed by atoms with Crippen molar-refractivity contribution in [3.8, 4) is 0 Å². The first-order valence-electron chi connectivity index (χ1n) is 9.70. The summed E-state index contributed by atoms with van der Waals surface area (Å²) >= 11 is 0. The minimum absolute atomic E-state index is 0.135. The number of nitrogens with zero attached hydrogens (tertiary/aromatic N) is 1. The highest BCUT2D eigenvalue weighted by molar-refractivity contribution is 5.99. The SMILES string of the molecule is COC[C@H](Cc1ccccc1)NC(=O)c1cccnc1Nc1cccc(C)c1C. The highest BCUT2D eigenvalue weighted by Crippen LogP contribution is 2.23. The summed E-state index contributed by atoms with van der Waals surface area (Å²) in [5.41, 5.74) is 4.90. The fraction of sp³-hybridized carbons (Fsp3) is 0.250. The zero-order chi connectivity index (χ0) is 20.6. The topological polar surface area (TPSA) is 63.2 Å². The molecule has 3 aromatic rings. The number of carbonyl (C=O) groups excluding carboxylic acids is 1. The van der Waals surface area contributed by atoms with E-state index in [2.05, 4.69) is 35.5 Å². The summed E-state index contributed by atoms with van der Waals surface area (Å²) in [5, 5.41) is 6.41. The summed E-state index contributed by atoms with van der Waals surface area (Å²) in [6, 6.07) is 19.5. The van der Waals surface area contributed by atoms with Gasteiger partial charge in [0.2, 0.25) is 0 Å². The van der Waals surface area contributed by atoms with E-state index in [0.717, 1.165) is 16.8 Å². The average molecular weight is 389 g/mol. The third-order valence-corrected chi connectivity index (χ3v) is 4.94. The maximum Gasteiger partial charge on any atom is 0.255 e. The molecule has 0 spiro atoms. The second-order valence-electron chi connectivity index (χ2n) is 7.09. The summed E-state index contributed by atoms with van der Waals surface area (Å²) in [7, 11) is 1.64. The second-order valence-corrected chi connectivity index (χ2v) is 7.09. The van der Waals surface area contributed by atoms with Crippen molar-refractivity contribution < 1.29 is 9.53 Å². The number of methoxy groups -OCH3 is 1. The zero-order valence-electron chi connectivity index (χ0n) is 17.1. The van der Waals surface area contributed by atoms with Crippen molar-refractivity contribution >= 4 is 17.4 Å². The lowest BCUT2D eigenvalue weighted by Gasteiger charge is -2.19. The second kappa shape index (κ2) is 9.85. The number of rotatable bonds is 8. The molecule has 5 nitrogen and oxygen atoms in total. The Hall–Kier alpha value is -3.18. The van der Waals surface area contributed by atoms with Gasteiger partial charge in [0.05, 0.1) is 18.2 Å². The van der Waals surface area contributed by atoms with Gasteiger partial charge in [-0.2, -0.15) is 0 Å². The molecule has 0 bridgehead atoms. The average Bonchev–Trinajstić information content (AvgIpc) is 2.73. The first-order chi connectivity index (χ1) is 14.1. The Bertz CT molecular complexity index is 957. The number of carbonyl (C=O) groups is 1. The first-order valence-corrected chi connectivity index (χ1v) is 9.70. The smallest absolute Gasteiger partial charge is 0.255 e. The number of anilines is 2. The van der Waals surface area contributed by atoms with Crippen molar-refractivity contribution in [2.45, 2.75) is 26.3 Å². The quantitative estimate of drug-likeness (QED) is 0.598. The molecule has 0 fully saturated rings. The minimum atomic E-state index is -0.177. The maximum atomic E-state index is 13.0. The van der Waals surface area contributed by atoms with E-state index in [9.17, 15) is 4.79 Å². The van der Waals surface area contributed by atoms with Gasteiger partial charge in [-0.05, 0) is 55.2 Å². The molecule has 0 unspecified atom stereocenters. The lowest BCUT2D eigenvalue weighted by molar-refractivity contribution is 0.0897. The van der Waals surface area contributed by atoms with Crippen LogP contribution in [0, 0.1) is 13.8 Å². The van der Waals surface area contributed by atoms with Gasteiger partial charge in [0, 0.05) is 19.0 Å². The van der Waals surface area contributed by atoms with Gasteiger partial charge in [0.25, 0.3) is 5.91 Å². The summed E-state index contributed by atoms with van der Waals surface area (Å²) in [6.45, 7) is 4.54. The van der Waals surface area contributed by atoms with Crippen LogP contribution in [0.15, 0.2) is 66.9 Å². The molecule has 1 atom stereocenters. The molecular formula is C24H27N3O2. The number of aromatic nitrogens is 1. The highest BCUT2D eigenvalue weighted by atomic mass is 16.5. The van der Waals surface area contributed by atoms with Crippen LogP contribution in [0.1, 0.15) is 27.0 Å². The van der Waals surface area contributed by atoms with Gasteiger partial charge in [0.1, 0.15) is 5.82 Å². The van der Waals surface area contributed by atoms with Gasteiger partial charge in [0.15, 0.2) is 0 Å². The number of amides is 1. The van der Waals surface area contributed by atoms with Crippen LogP contribution < -0.4 is 10.6 Å². The molecule has 5 heteroatoms. The van der Waals surface area contributed by atoms with E-state index < -0.39 is 0 Å². The lowest BCUT2D eigenvalue weighted by Crippen LogP contribution is -2.39. The Kier molecular flexibility index (Phi) is 6.98. The van der Waals surface area contributed by atoms with Crippen molar-refractivity contribution in [3.63, 3.8) is 0 Å². The molecule has 1 amide bonds. The summed E-state index contributed by atoms with van der Waals surface area (Å²) in [5.74, 6) is 0.360. The number of ether oxygens (including phenoxy) is 1. The maximum absolute atomic E-state index is 13.0. The van der Waals surface area contributed by atoms with Crippen molar-refractivity contribution in [3.05, 3.63) is 89.1 Å². The van der Waals surface area contributed by atoms with Crippen LogP contribution in [0.3, 0.4) is 0 Å². The van der Waals surface area contributed by atoms with Crippen molar-refractivity contribution in [2.24, 2.45) is 0 Å². The van der Waals surface area contributed by atoms with E-state index >= 15 is 0 Å². The van der Waals surface area contributed by atoms with E-state index in [1.807, 2.05) is 42.5 Å². The number of pyridine rings is 1. The Morgan fingerprint density at radius 3 is 2.59 bits per heavy atom. The van der Waals surface area contributed by atoms with E-state index in [1.54, 1.807) is 25.4 Å². The van der Waals surface area contributed by atoms with E-state index in [4.69, 9.17) is 4.74 Å². The summed E-state index contributed by atoms with van der Waals surface area (Å²) in [4.78, 5) is 17.4. The first kappa shape index (κ1) is 20.6. The largest absolute Gasteiger partial charge is 0.383 e. The van der Waals surface area contributed by atoms with Crippen LogP contribution >= 0.6 is 0 Å². The third-order valence-electron chi connectivity index (χ3n) is 4.94. The Morgan fingerprint density at radius 2 is 1.83 bits per heavy atom. The van der Waals surface area contributed by atoms with Gasteiger partial charge < -0.3 is 15.4 Å². The van der Waals surface area contributed by atoms with Crippen LogP contribution in [0.5, 0.6) is 0 Å². The van der Waals surface area contributed by atoms with Gasteiger partial charge in [-0.3, -0.25) is 4.79 Å². The molecule has 2 aromatic carbocycles. The zero-order valence-corrected chi connectivity index (χ0v) is 17.1. The molecule has 1 aromatic heterocycles. The Balaban J connectivity index is 1.78. The molecule has 0 aliphatic rings. The molecule has 150 valence electrons. The normalized spacial score (nSPS) is 11.7. The Labute approximate surface area is 172 Å². The predicted octanol–water partition coefficient (Wildman–Crippen LogP) is 4.43. The molecular weight excluding hydrogens is 362 g/mol. The molecule has 0 aliphatic heterocycles. The van der Waals surface area contributed by atoms with Crippen LogP contribution in [0.4, 0.5) is 11.5 Å². The molecule has 3 rings (SSSR count). The number of hydrogen-bond acceptors (Lipinski definition) is 4. The van der Waals surface area contributed by atoms with Crippen LogP contribution in [-0.4, -0.2) is 30.6 Å². The third kappa shape index (κ3) is 5.42. The van der Waals surface area contributed by atoms with Gasteiger partial charge >= 0.3 is 0 Å². The molecule has 1 heterocycles. The highest BCUT2D eigenvalue weighted by Gasteiger charge is 2.18. The van der Waals surface area contributed by atoms with Crippen LogP contribution in [0.2, 0.25) is 0 Å². The van der Waals surface area contributed by atoms with Crippen molar-refractivity contribution in [1.82, 2.24) is 10.3 Å². The fourth-order valence-electron chi connectivity index (χ4n) is 3.22. The molecule has 0 radical (unpaired) electrons. The molecule has 0 saturated heterocycles. The fourth-order valence-corrected chi connectivity index (χ4v) is 3.22. The minimum Gasteiger partial charge on any atom is -0.383 e. The van der Waals surface area contributed by atoms with Gasteiger partial charge in [-0.1, -0.05) is 42.5 Å². The molecule has 0 aliphatic carbocycles. The van der Waals surface area contributed by atoms with E-state index in [1.165, 1.54) is 5.56 Å². The monoisotopic (exact) mass is 389 g/mol. The van der Waals surface area contributed by atoms with Gasteiger partial charge in [-0.15, -0.1) is 0 Å². The lowest BCUT2D eigenvalue weighted by atomic mass is 10.1. The van der Waals surface area contributed by atoms with Crippen LogP contribution in [0.25, 0.3) is 0 Å². The van der Waals surface area contributed by atoms with Crippen molar-refractivity contribution in [1.29, 1.82) is 0 Å². The van der Waals surface area contributed by atoms with Crippen molar-refractivity contribution in [2.75, 3.05) is 19.0 Å². The number of nitrogens with one attached hydrogen (secondary N) is 2. The summed E-state index contributed by atoms with van der Waals surface area (Å²) in [6.07, 6.45) is 2.38. The van der Waals surface area contributed by atoms with Gasteiger partial charge in [-0.25, -0.2) is 4.98 Å². The molecule has 29 heavy (non-hydrogen) atoms. The number of benzene rings is 2. The van der Waals surface area contributed by atoms with Crippen LogP contribution in [-0.2, 0) is 11.2 Å². The summed E-state index contributed by atoms with van der Waals surface area (Å²) < 4.78 is 5.32. The van der Waals surface area contributed by atoms with E-state index in [-0.39, 0.29) is 11.9 Å². The number of aryl methyl sites for hydroxylation is 1. The Morgan fingerprint density at radius 1 is 1.03 bits per heavy atom. The van der Waals surface area contributed by atoms with E-state index in [0.29, 0.717) is 24.4 Å². The number of hydrogen-bond donors (Lipinski definition) is 2. The molecule has 2 N–H and O–H groups in total. The molecule has 0 saturated carbocycles. The standard InChI is InChI=1S/C24H27N3O2/c1-17-9-7-13-22(18(17)2)27-23-21(12-8-14-25-23)24(28)26-20(16-29-3)15-19-10-5-4-6-11-19/h4-14,20H,15-16H2,1-3H3,(H,25,27)(H,26,28)/t20-/m0/s1. The predicted molar refractivity (Wildman–Crippen MR) is 117 cm³/mol.